The minimum Gasteiger partial charge on any atom is -0.496 e. The Kier molecular flexibility index (Phi) is 5.32. The number of hydrogen-bond donors (Lipinski definition) is 1. The van der Waals surface area contributed by atoms with Gasteiger partial charge in [-0.1, -0.05) is 30.3 Å². The first-order valence-electron chi connectivity index (χ1n) is 8.09. The number of para-hydroxylation sites is 1. The molecule has 3 aromatic rings. The molecule has 1 aromatic heterocycles. The zero-order valence-corrected chi connectivity index (χ0v) is 15.5. The minimum absolute atomic E-state index is 0.367. The highest BCUT2D eigenvalue weighted by Crippen LogP contribution is 2.42. The number of hydrogen-bond acceptors (Lipinski definition) is 5. The van der Waals surface area contributed by atoms with Crippen LogP contribution in [0.15, 0.2) is 67.3 Å². The van der Waals surface area contributed by atoms with Crippen molar-refractivity contribution in [1.29, 1.82) is 0 Å². The summed E-state index contributed by atoms with van der Waals surface area (Å²) in [4.78, 5) is 15.8. The lowest BCUT2D eigenvalue weighted by molar-refractivity contribution is 0.0600. The van der Waals surface area contributed by atoms with Crippen LogP contribution < -0.4 is 4.74 Å². The number of carbonyl (C=O) groups is 1. The third-order valence-electron chi connectivity index (χ3n) is 4.31. The van der Waals surface area contributed by atoms with Crippen LogP contribution in [-0.4, -0.2) is 29.7 Å². The third kappa shape index (κ3) is 3.46. The van der Waals surface area contributed by atoms with Crippen molar-refractivity contribution in [2.24, 2.45) is 0 Å². The van der Waals surface area contributed by atoms with Crippen molar-refractivity contribution in [2.75, 3.05) is 14.2 Å². The molecule has 0 fully saturated rings. The van der Waals surface area contributed by atoms with E-state index >= 15 is 0 Å². The second kappa shape index (κ2) is 7.66. The Morgan fingerprint density at radius 2 is 1.88 bits per heavy atom. The van der Waals surface area contributed by atoms with E-state index in [1.54, 1.807) is 31.8 Å². The summed E-state index contributed by atoms with van der Waals surface area (Å²) >= 11 is 5.07. The molecular weight excluding hydrogens is 348 g/mol. The Morgan fingerprint density at radius 1 is 1.15 bits per heavy atom. The molecule has 3 rings (SSSR count). The van der Waals surface area contributed by atoms with Gasteiger partial charge in [0.25, 0.3) is 0 Å². The van der Waals surface area contributed by atoms with E-state index in [-0.39, 0.29) is 5.97 Å². The highest BCUT2D eigenvalue weighted by atomic mass is 32.1. The quantitative estimate of drug-likeness (QED) is 0.534. The molecule has 0 spiro atoms. The lowest BCUT2D eigenvalue weighted by atomic mass is 9.88. The molecule has 1 heterocycles. The SMILES string of the molecule is COC(=O)c1ccc(C(S)(Cn2ccnc2)c2ccccc2OC)cc1. The minimum atomic E-state index is -0.679. The van der Waals surface area contributed by atoms with Gasteiger partial charge in [-0.2, -0.15) is 12.6 Å². The molecule has 0 amide bonds. The molecule has 0 radical (unpaired) electrons. The van der Waals surface area contributed by atoms with Crippen LogP contribution in [-0.2, 0) is 16.0 Å². The van der Waals surface area contributed by atoms with Gasteiger partial charge in [-0.3, -0.25) is 0 Å². The lowest BCUT2D eigenvalue weighted by Crippen LogP contribution is -2.27. The molecule has 26 heavy (non-hydrogen) atoms. The van der Waals surface area contributed by atoms with Crippen LogP contribution in [0, 0.1) is 0 Å². The number of ether oxygens (including phenoxy) is 2. The fourth-order valence-corrected chi connectivity index (χ4v) is 3.46. The summed E-state index contributed by atoms with van der Waals surface area (Å²) in [6, 6.07) is 15.1. The molecule has 0 aliphatic carbocycles. The first-order chi connectivity index (χ1) is 12.6. The van der Waals surface area contributed by atoms with Crippen molar-refractivity contribution in [3.8, 4) is 5.75 Å². The Bertz CT molecular complexity index is 878. The van der Waals surface area contributed by atoms with Gasteiger partial charge < -0.3 is 14.0 Å². The van der Waals surface area contributed by atoms with Crippen LogP contribution in [0.25, 0.3) is 0 Å². The summed E-state index contributed by atoms with van der Waals surface area (Å²) < 4.78 is 11.6. The standard InChI is InChI=1S/C20H20N2O3S/c1-24-18-6-4-3-5-17(18)20(26,13-22-12-11-21-14-22)16-9-7-15(8-10-16)19(23)25-2/h3-12,14,26H,13H2,1-2H3. The highest BCUT2D eigenvalue weighted by molar-refractivity contribution is 7.81. The second-order valence-electron chi connectivity index (χ2n) is 5.86. The van der Waals surface area contributed by atoms with Crippen molar-refractivity contribution in [3.05, 3.63) is 83.9 Å². The maximum atomic E-state index is 11.7. The van der Waals surface area contributed by atoms with Gasteiger partial charge in [-0.05, 0) is 23.8 Å². The number of nitrogens with zero attached hydrogens (tertiary/aromatic N) is 2. The zero-order chi connectivity index (χ0) is 18.6. The molecule has 134 valence electrons. The Balaban J connectivity index is 2.10. The van der Waals surface area contributed by atoms with Gasteiger partial charge in [-0.25, -0.2) is 9.78 Å². The van der Waals surface area contributed by atoms with Crippen LogP contribution in [0.4, 0.5) is 0 Å². The smallest absolute Gasteiger partial charge is 0.337 e. The third-order valence-corrected chi connectivity index (χ3v) is 4.95. The van der Waals surface area contributed by atoms with Gasteiger partial charge >= 0.3 is 5.97 Å². The first kappa shape index (κ1) is 18.1. The Morgan fingerprint density at radius 3 is 2.50 bits per heavy atom. The summed E-state index contributed by atoms with van der Waals surface area (Å²) in [6.45, 7) is 0.550. The van der Waals surface area contributed by atoms with E-state index in [0.717, 1.165) is 16.9 Å². The number of rotatable bonds is 6. The van der Waals surface area contributed by atoms with Crippen LogP contribution in [0.3, 0.4) is 0 Å². The topological polar surface area (TPSA) is 53.4 Å². The number of thiol groups is 1. The summed E-state index contributed by atoms with van der Waals surface area (Å²) in [6.07, 6.45) is 5.38. The van der Waals surface area contributed by atoms with E-state index in [0.29, 0.717) is 12.1 Å². The van der Waals surface area contributed by atoms with Gasteiger partial charge in [0, 0.05) is 24.5 Å². The van der Waals surface area contributed by atoms with Crippen LogP contribution >= 0.6 is 12.6 Å². The van der Waals surface area contributed by atoms with E-state index in [1.165, 1.54) is 7.11 Å². The largest absolute Gasteiger partial charge is 0.496 e. The fraction of sp³-hybridized carbons (Fsp3) is 0.200. The monoisotopic (exact) mass is 368 g/mol. The molecule has 0 N–H and O–H groups in total. The normalized spacial score (nSPS) is 13.0. The van der Waals surface area contributed by atoms with Crippen molar-refractivity contribution < 1.29 is 14.3 Å². The maximum absolute atomic E-state index is 11.7. The highest BCUT2D eigenvalue weighted by Gasteiger charge is 2.33. The van der Waals surface area contributed by atoms with Crippen LogP contribution in [0.2, 0.25) is 0 Å². The predicted molar refractivity (Wildman–Crippen MR) is 103 cm³/mol. The van der Waals surface area contributed by atoms with E-state index in [1.807, 2.05) is 47.2 Å². The molecule has 5 nitrogen and oxygen atoms in total. The Labute approximate surface area is 158 Å². The molecule has 0 bridgehead atoms. The number of benzene rings is 2. The second-order valence-corrected chi connectivity index (χ2v) is 6.63. The molecule has 1 atom stereocenters. The van der Waals surface area contributed by atoms with E-state index in [9.17, 15) is 4.79 Å². The van der Waals surface area contributed by atoms with Gasteiger partial charge in [0.1, 0.15) is 5.75 Å². The number of carbonyl (C=O) groups excluding carboxylic acids is 1. The Hall–Kier alpha value is -2.73. The molecule has 0 saturated carbocycles. The molecular formula is C20H20N2O3S. The van der Waals surface area contributed by atoms with E-state index in [4.69, 9.17) is 22.1 Å². The molecule has 1 unspecified atom stereocenters. The van der Waals surface area contributed by atoms with Gasteiger partial charge in [-0.15, -0.1) is 0 Å². The lowest BCUT2D eigenvalue weighted by Gasteiger charge is -2.31. The predicted octanol–water partition coefficient (Wildman–Crippen LogP) is 3.55. The van der Waals surface area contributed by atoms with E-state index < -0.39 is 4.75 Å². The zero-order valence-electron chi connectivity index (χ0n) is 14.6. The summed E-state index contributed by atoms with van der Waals surface area (Å²) in [7, 11) is 3.01. The summed E-state index contributed by atoms with van der Waals surface area (Å²) in [5, 5.41) is 0. The van der Waals surface area contributed by atoms with Crippen molar-refractivity contribution in [2.45, 2.75) is 11.3 Å². The van der Waals surface area contributed by atoms with Gasteiger partial charge in [0.15, 0.2) is 0 Å². The van der Waals surface area contributed by atoms with Gasteiger partial charge in [0.05, 0.1) is 30.9 Å². The number of methoxy groups -OCH3 is 2. The number of imidazole rings is 1. The molecule has 0 aliphatic rings. The van der Waals surface area contributed by atoms with Crippen molar-refractivity contribution in [1.82, 2.24) is 9.55 Å². The van der Waals surface area contributed by atoms with Crippen LogP contribution in [0.1, 0.15) is 21.5 Å². The average Bonchev–Trinajstić information content (AvgIpc) is 3.20. The summed E-state index contributed by atoms with van der Waals surface area (Å²) in [5.41, 5.74) is 2.37. The van der Waals surface area contributed by atoms with Crippen molar-refractivity contribution >= 4 is 18.6 Å². The van der Waals surface area contributed by atoms with Crippen LogP contribution in [0.5, 0.6) is 5.75 Å². The average molecular weight is 368 g/mol. The van der Waals surface area contributed by atoms with Gasteiger partial charge in [0.2, 0.25) is 0 Å². The van der Waals surface area contributed by atoms with E-state index in [2.05, 4.69) is 4.98 Å². The molecule has 0 aliphatic heterocycles. The molecule has 6 heteroatoms. The van der Waals surface area contributed by atoms with Crippen molar-refractivity contribution in [3.63, 3.8) is 0 Å². The molecule has 2 aromatic carbocycles. The number of esters is 1. The summed E-state index contributed by atoms with van der Waals surface area (Å²) in [5.74, 6) is 0.382. The fourth-order valence-electron chi connectivity index (χ4n) is 2.96. The number of aromatic nitrogens is 2. The molecule has 0 saturated heterocycles. The maximum Gasteiger partial charge on any atom is 0.337 e. The first-order valence-corrected chi connectivity index (χ1v) is 8.53.